The molecular formula is C13H13ClN2O2S. The van der Waals surface area contributed by atoms with E-state index in [9.17, 15) is 4.79 Å². The van der Waals surface area contributed by atoms with Crippen molar-refractivity contribution in [3.05, 3.63) is 34.7 Å². The summed E-state index contributed by atoms with van der Waals surface area (Å²) in [6, 6.07) is 7.56. The van der Waals surface area contributed by atoms with Gasteiger partial charge in [-0.15, -0.1) is 11.3 Å². The van der Waals surface area contributed by atoms with Crippen LogP contribution < -0.4 is 5.32 Å². The lowest BCUT2D eigenvalue weighted by Gasteiger charge is -2.01. The normalized spacial score (nSPS) is 10.2. The molecule has 1 aromatic heterocycles. The number of nitrogens with one attached hydrogen (secondary N) is 1. The lowest BCUT2D eigenvalue weighted by molar-refractivity contribution is -0.140. The summed E-state index contributed by atoms with van der Waals surface area (Å²) in [6.07, 6.45) is 0.317. The number of ether oxygens (including phenoxy) is 1. The molecular weight excluding hydrogens is 284 g/mol. The number of anilines is 1. The number of methoxy groups -OCH3 is 1. The molecule has 0 bridgehead atoms. The summed E-state index contributed by atoms with van der Waals surface area (Å²) in [7, 11) is 1.38. The van der Waals surface area contributed by atoms with Gasteiger partial charge in [-0.05, 0) is 6.07 Å². The maximum atomic E-state index is 11.0. The maximum Gasteiger partial charge on any atom is 0.307 e. The predicted molar refractivity (Wildman–Crippen MR) is 77.7 cm³/mol. The van der Waals surface area contributed by atoms with E-state index < -0.39 is 0 Å². The molecule has 0 spiro atoms. The first-order valence-electron chi connectivity index (χ1n) is 5.72. The SMILES string of the molecule is COC(=O)CCNc1nc(-c2ccccc2Cl)cs1. The Labute approximate surface area is 120 Å². The van der Waals surface area contributed by atoms with Crippen molar-refractivity contribution in [2.45, 2.75) is 6.42 Å². The topological polar surface area (TPSA) is 51.2 Å². The van der Waals surface area contributed by atoms with Gasteiger partial charge in [-0.3, -0.25) is 4.79 Å². The van der Waals surface area contributed by atoms with Crippen molar-refractivity contribution in [3.8, 4) is 11.3 Å². The Bertz CT molecular complexity index is 571. The third-order valence-electron chi connectivity index (χ3n) is 2.49. The van der Waals surface area contributed by atoms with E-state index in [1.54, 1.807) is 0 Å². The second kappa shape index (κ2) is 6.54. The van der Waals surface area contributed by atoms with E-state index in [0.717, 1.165) is 16.4 Å². The smallest absolute Gasteiger partial charge is 0.307 e. The molecule has 1 aromatic carbocycles. The van der Waals surface area contributed by atoms with Crippen LogP contribution in [0.2, 0.25) is 5.02 Å². The van der Waals surface area contributed by atoms with Gasteiger partial charge in [0.25, 0.3) is 0 Å². The van der Waals surface area contributed by atoms with Crippen molar-refractivity contribution in [2.75, 3.05) is 19.0 Å². The van der Waals surface area contributed by atoms with Crippen molar-refractivity contribution < 1.29 is 9.53 Å². The minimum atomic E-state index is -0.240. The van der Waals surface area contributed by atoms with Crippen LogP contribution in [0.4, 0.5) is 5.13 Å². The number of hydrogen-bond acceptors (Lipinski definition) is 5. The Kier molecular flexibility index (Phi) is 4.76. The van der Waals surface area contributed by atoms with Crippen molar-refractivity contribution in [1.29, 1.82) is 0 Å². The van der Waals surface area contributed by atoms with Crippen LogP contribution in [0.3, 0.4) is 0 Å². The van der Waals surface area contributed by atoms with E-state index >= 15 is 0 Å². The molecule has 2 rings (SSSR count). The number of hydrogen-bond donors (Lipinski definition) is 1. The molecule has 0 aliphatic rings. The maximum absolute atomic E-state index is 11.0. The average molecular weight is 297 g/mol. The van der Waals surface area contributed by atoms with E-state index in [0.29, 0.717) is 18.0 Å². The molecule has 0 unspecified atom stereocenters. The van der Waals surface area contributed by atoms with Crippen molar-refractivity contribution in [2.24, 2.45) is 0 Å². The predicted octanol–water partition coefficient (Wildman–Crippen LogP) is 3.44. The molecule has 0 saturated heterocycles. The first-order valence-corrected chi connectivity index (χ1v) is 6.97. The number of carbonyl (C=O) groups excluding carboxylic acids is 1. The average Bonchev–Trinajstić information content (AvgIpc) is 2.87. The van der Waals surface area contributed by atoms with E-state index in [4.69, 9.17) is 11.6 Å². The van der Waals surface area contributed by atoms with E-state index in [2.05, 4.69) is 15.0 Å². The van der Waals surface area contributed by atoms with Crippen LogP contribution in [0.15, 0.2) is 29.6 Å². The second-order valence-corrected chi connectivity index (χ2v) is 5.04. The molecule has 0 aliphatic carbocycles. The third-order valence-corrected chi connectivity index (χ3v) is 3.62. The first-order chi connectivity index (χ1) is 9.20. The van der Waals surface area contributed by atoms with Crippen molar-refractivity contribution >= 4 is 34.0 Å². The lowest BCUT2D eigenvalue weighted by Crippen LogP contribution is -2.09. The molecule has 0 aliphatic heterocycles. The number of thiazole rings is 1. The summed E-state index contributed by atoms with van der Waals surface area (Å²) in [4.78, 5) is 15.4. The monoisotopic (exact) mass is 296 g/mol. The molecule has 6 heteroatoms. The number of benzene rings is 1. The van der Waals surface area contributed by atoms with Gasteiger partial charge in [0.1, 0.15) is 0 Å². The van der Waals surface area contributed by atoms with E-state index in [-0.39, 0.29) is 5.97 Å². The summed E-state index contributed by atoms with van der Waals surface area (Å²) < 4.78 is 4.57. The molecule has 100 valence electrons. The van der Waals surface area contributed by atoms with Crippen LogP contribution in [-0.2, 0) is 9.53 Å². The van der Waals surface area contributed by atoms with Crippen LogP contribution in [0.5, 0.6) is 0 Å². The number of rotatable bonds is 5. The summed E-state index contributed by atoms with van der Waals surface area (Å²) in [5.74, 6) is -0.240. The standard InChI is InChI=1S/C13H13ClN2O2S/c1-18-12(17)6-7-15-13-16-11(8-19-13)9-4-2-3-5-10(9)14/h2-5,8H,6-7H2,1H3,(H,15,16). The molecule has 1 heterocycles. The number of nitrogens with zero attached hydrogens (tertiary/aromatic N) is 1. The Hall–Kier alpha value is -1.59. The molecule has 4 nitrogen and oxygen atoms in total. The Morgan fingerprint density at radius 1 is 1.47 bits per heavy atom. The van der Waals surface area contributed by atoms with E-state index in [1.807, 2.05) is 29.6 Å². The fraction of sp³-hybridized carbons (Fsp3) is 0.231. The highest BCUT2D eigenvalue weighted by Crippen LogP contribution is 2.30. The fourth-order valence-electron chi connectivity index (χ4n) is 1.52. The Morgan fingerprint density at radius 2 is 2.26 bits per heavy atom. The second-order valence-electron chi connectivity index (χ2n) is 3.77. The lowest BCUT2D eigenvalue weighted by atomic mass is 10.2. The fourth-order valence-corrected chi connectivity index (χ4v) is 2.49. The third kappa shape index (κ3) is 3.68. The quantitative estimate of drug-likeness (QED) is 0.859. The molecule has 2 aromatic rings. The van der Waals surface area contributed by atoms with Gasteiger partial charge in [-0.1, -0.05) is 29.8 Å². The Balaban J connectivity index is 2.00. The van der Waals surface area contributed by atoms with Gasteiger partial charge in [0.15, 0.2) is 5.13 Å². The zero-order valence-electron chi connectivity index (χ0n) is 10.4. The zero-order chi connectivity index (χ0) is 13.7. The summed E-state index contributed by atoms with van der Waals surface area (Å²) in [6.45, 7) is 0.502. The minimum Gasteiger partial charge on any atom is -0.469 e. The van der Waals surface area contributed by atoms with Crippen LogP contribution in [0.1, 0.15) is 6.42 Å². The van der Waals surface area contributed by atoms with Crippen LogP contribution in [0, 0.1) is 0 Å². The molecule has 0 saturated carbocycles. The number of esters is 1. The molecule has 0 amide bonds. The highest BCUT2D eigenvalue weighted by Gasteiger charge is 2.08. The zero-order valence-corrected chi connectivity index (χ0v) is 11.9. The highest BCUT2D eigenvalue weighted by atomic mass is 35.5. The number of carbonyl (C=O) groups is 1. The van der Waals surface area contributed by atoms with Crippen molar-refractivity contribution in [1.82, 2.24) is 4.98 Å². The van der Waals surface area contributed by atoms with Gasteiger partial charge in [-0.2, -0.15) is 0 Å². The summed E-state index contributed by atoms with van der Waals surface area (Å²) in [5, 5.41) is 6.45. The number of aromatic nitrogens is 1. The van der Waals surface area contributed by atoms with Gasteiger partial charge in [0.05, 0.1) is 19.2 Å². The summed E-state index contributed by atoms with van der Waals surface area (Å²) >= 11 is 7.60. The Morgan fingerprint density at radius 3 is 3.00 bits per heavy atom. The van der Waals surface area contributed by atoms with E-state index in [1.165, 1.54) is 18.4 Å². The van der Waals surface area contributed by atoms with Crippen LogP contribution in [-0.4, -0.2) is 24.6 Å². The van der Waals surface area contributed by atoms with Crippen molar-refractivity contribution in [3.63, 3.8) is 0 Å². The summed E-state index contributed by atoms with van der Waals surface area (Å²) in [5.41, 5.74) is 1.73. The van der Waals surface area contributed by atoms with Gasteiger partial charge >= 0.3 is 5.97 Å². The molecule has 1 N–H and O–H groups in total. The van der Waals surface area contributed by atoms with Gasteiger partial charge in [-0.25, -0.2) is 4.98 Å². The molecule has 0 radical (unpaired) electrons. The molecule has 0 atom stereocenters. The number of halogens is 1. The van der Waals surface area contributed by atoms with Crippen LogP contribution in [0.25, 0.3) is 11.3 Å². The molecule has 0 fully saturated rings. The van der Waals surface area contributed by atoms with Gasteiger partial charge < -0.3 is 10.1 Å². The van der Waals surface area contributed by atoms with Crippen LogP contribution >= 0.6 is 22.9 Å². The van der Waals surface area contributed by atoms with Gasteiger partial charge in [0, 0.05) is 22.5 Å². The highest BCUT2D eigenvalue weighted by molar-refractivity contribution is 7.14. The largest absolute Gasteiger partial charge is 0.469 e. The molecule has 19 heavy (non-hydrogen) atoms. The first kappa shape index (κ1) is 13.8. The van der Waals surface area contributed by atoms with Gasteiger partial charge in [0.2, 0.25) is 0 Å². The minimum absolute atomic E-state index is 0.240.